The van der Waals surface area contributed by atoms with Crippen LogP contribution in [0.3, 0.4) is 0 Å². The van der Waals surface area contributed by atoms with Crippen LogP contribution in [0.4, 0.5) is 11.8 Å². The molecule has 2 rings (SSSR count). The number of ether oxygens (including phenoxy) is 1. The van der Waals surface area contributed by atoms with Crippen molar-refractivity contribution in [3.05, 3.63) is 29.5 Å². The molecule has 9 nitrogen and oxygen atoms in total. The first-order chi connectivity index (χ1) is 11.9. The minimum absolute atomic E-state index is 0.0990. The summed E-state index contributed by atoms with van der Waals surface area (Å²) in [5, 5.41) is 14.8. The maximum absolute atomic E-state index is 8.00. The molecule has 0 atom stereocenters. The number of nitrogen functional groups attached to an aromatic ring is 2. The van der Waals surface area contributed by atoms with E-state index in [1.165, 1.54) is 18.9 Å². The Morgan fingerprint density at radius 3 is 2.56 bits per heavy atom. The second kappa shape index (κ2) is 7.79. The molecular formula is C15H20N8OS. The van der Waals surface area contributed by atoms with Crippen LogP contribution < -0.4 is 22.0 Å². The van der Waals surface area contributed by atoms with E-state index < -0.39 is 0 Å². The number of anilines is 2. The van der Waals surface area contributed by atoms with E-state index in [2.05, 4.69) is 34.2 Å². The molecule has 2 aromatic rings. The highest BCUT2D eigenvalue weighted by Crippen LogP contribution is 2.39. The zero-order chi connectivity index (χ0) is 18.6. The number of nitrogens with zero attached hydrogens (tertiary/aromatic N) is 4. The average molecular weight is 360 g/mol. The fourth-order valence-electron chi connectivity index (χ4n) is 2.18. The van der Waals surface area contributed by atoms with Crippen molar-refractivity contribution in [1.82, 2.24) is 9.97 Å². The molecule has 0 radical (unpaired) electrons. The Kier molecular flexibility index (Phi) is 5.75. The molecule has 1 aromatic heterocycles. The van der Waals surface area contributed by atoms with E-state index in [-0.39, 0.29) is 17.7 Å². The van der Waals surface area contributed by atoms with Crippen LogP contribution in [0.5, 0.6) is 5.75 Å². The van der Waals surface area contributed by atoms with Crippen molar-refractivity contribution in [1.29, 1.82) is 5.41 Å². The first-order valence-electron chi connectivity index (χ1n) is 7.35. The van der Waals surface area contributed by atoms with E-state index in [4.69, 9.17) is 27.5 Å². The van der Waals surface area contributed by atoms with Crippen LogP contribution in [0.2, 0.25) is 0 Å². The summed E-state index contributed by atoms with van der Waals surface area (Å²) in [5.41, 5.74) is 13.0. The zero-order valence-electron chi connectivity index (χ0n) is 14.1. The lowest BCUT2D eigenvalue weighted by Crippen LogP contribution is -2.04. The van der Waals surface area contributed by atoms with E-state index in [0.717, 1.165) is 10.5 Å². The fourth-order valence-corrected chi connectivity index (χ4v) is 3.26. The SMILES string of the molecule is COc1cc(C(C)C)c(Sc2cnc(N)nc2N)cc1C(=N)N=NN. The lowest BCUT2D eigenvalue weighted by Gasteiger charge is -2.17. The van der Waals surface area contributed by atoms with Crippen LogP contribution in [-0.4, -0.2) is 22.9 Å². The highest BCUT2D eigenvalue weighted by molar-refractivity contribution is 7.99. The third-order valence-electron chi connectivity index (χ3n) is 3.39. The van der Waals surface area contributed by atoms with E-state index in [1.54, 1.807) is 12.3 Å². The number of nitrogens with two attached hydrogens (primary N) is 3. The Morgan fingerprint density at radius 1 is 1.28 bits per heavy atom. The fraction of sp³-hybridized carbons (Fsp3) is 0.267. The van der Waals surface area contributed by atoms with Crippen LogP contribution >= 0.6 is 11.8 Å². The zero-order valence-corrected chi connectivity index (χ0v) is 15.0. The minimum Gasteiger partial charge on any atom is -0.496 e. The molecule has 0 bridgehead atoms. The quantitative estimate of drug-likeness (QED) is 0.209. The third kappa shape index (κ3) is 4.15. The van der Waals surface area contributed by atoms with Gasteiger partial charge in [-0.2, -0.15) is 4.98 Å². The van der Waals surface area contributed by atoms with Gasteiger partial charge in [0.05, 0.1) is 17.6 Å². The lowest BCUT2D eigenvalue weighted by atomic mass is 10.0. The van der Waals surface area contributed by atoms with Crippen LogP contribution in [0.25, 0.3) is 0 Å². The Morgan fingerprint density at radius 2 is 2.00 bits per heavy atom. The van der Waals surface area contributed by atoms with Gasteiger partial charge in [0.25, 0.3) is 0 Å². The molecule has 0 saturated carbocycles. The van der Waals surface area contributed by atoms with E-state index in [0.29, 0.717) is 22.0 Å². The summed E-state index contributed by atoms with van der Waals surface area (Å²) in [4.78, 5) is 9.50. The average Bonchev–Trinajstić information content (AvgIpc) is 2.56. The molecule has 25 heavy (non-hydrogen) atoms. The van der Waals surface area contributed by atoms with Crippen molar-refractivity contribution in [3.63, 3.8) is 0 Å². The molecule has 0 spiro atoms. The lowest BCUT2D eigenvalue weighted by molar-refractivity contribution is 0.412. The molecule has 0 saturated heterocycles. The van der Waals surface area contributed by atoms with Crippen LogP contribution in [0, 0.1) is 5.41 Å². The Labute approximate surface area is 149 Å². The predicted octanol–water partition coefficient (Wildman–Crippen LogP) is 2.58. The van der Waals surface area contributed by atoms with Gasteiger partial charge in [-0.05, 0) is 23.6 Å². The van der Waals surface area contributed by atoms with Crippen molar-refractivity contribution in [2.45, 2.75) is 29.6 Å². The Bertz CT molecular complexity index is 821. The van der Waals surface area contributed by atoms with Gasteiger partial charge < -0.3 is 22.0 Å². The summed E-state index contributed by atoms with van der Waals surface area (Å²) in [6.45, 7) is 4.12. The summed E-state index contributed by atoms with van der Waals surface area (Å²) < 4.78 is 5.39. The number of amidine groups is 1. The predicted molar refractivity (Wildman–Crippen MR) is 97.9 cm³/mol. The Balaban J connectivity index is 2.57. The summed E-state index contributed by atoms with van der Waals surface area (Å²) in [6, 6.07) is 3.67. The van der Waals surface area contributed by atoms with Crippen molar-refractivity contribution >= 4 is 29.4 Å². The van der Waals surface area contributed by atoms with E-state index in [9.17, 15) is 0 Å². The molecular weight excluding hydrogens is 340 g/mol. The molecule has 7 N–H and O–H groups in total. The van der Waals surface area contributed by atoms with Crippen LogP contribution in [0.15, 0.2) is 38.5 Å². The number of methoxy groups -OCH3 is 1. The molecule has 0 aliphatic heterocycles. The van der Waals surface area contributed by atoms with Gasteiger partial charge in [0.2, 0.25) is 5.95 Å². The summed E-state index contributed by atoms with van der Waals surface area (Å²) in [6.07, 6.45) is 1.57. The van der Waals surface area contributed by atoms with E-state index >= 15 is 0 Å². The molecule has 132 valence electrons. The normalized spacial score (nSPS) is 11.2. The number of hydrogen-bond acceptors (Lipinski definition) is 8. The van der Waals surface area contributed by atoms with Gasteiger partial charge in [-0.3, -0.25) is 5.41 Å². The first kappa shape index (κ1) is 18.5. The topological polar surface area (TPSA) is 162 Å². The standard InChI is InChI=1S/C15H20N8OS/c1-7(2)8-4-10(24-3)9(13(16)22-23-19)5-11(8)25-12-6-20-15(18)21-14(12)17/h4-7H,1-3H3,(H3,16,19,22)(H4,17,18,20,21). The van der Waals surface area contributed by atoms with Crippen molar-refractivity contribution in [3.8, 4) is 5.75 Å². The van der Waals surface area contributed by atoms with Gasteiger partial charge >= 0.3 is 0 Å². The third-order valence-corrected chi connectivity index (χ3v) is 4.50. The van der Waals surface area contributed by atoms with Gasteiger partial charge in [0, 0.05) is 11.1 Å². The number of nitrogens with one attached hydrogen (secondary N) is 1. The minimum atomic E-state index is -0.0990. The highest BCUT2D eigenvalue weighted by atomic mass is 32.2. The van der Waals surface area contributed by atoms with Crippen LogP contribution in [0.1, 0.15) is 30.9 Å². The molecule has 10 heteroatoms. The summed E-state index contributed by atoms with van der Waals surface area (Å²) in [7, 11) is 1.54. The number of benzene rings is 1. The molecule has 0 aliphatic rings. The smallest absolute Gasteiger partial charge is 0.221 e. The van der Waals surface area contributed by atoms with Gasteiger partial charge in [0.15, 0.2) is 5.84 Å². The summed E-state index contributed by atoms with van der Waals surface area (Å²) >= 11 is 1.39. The van der Waals surface area contributed by atoms with Crippen molar-refractivity contribution in [2.24, 2.45) is 16.2 Å². The molecule has 1 heterocycles. The van der Waals surface area contributed by atoms with Gasteiger partial charge in [-0.1, -0.05) is 30.8 Å². The highest BCUT2D eigenvalue weighted by Gasteiger charge is 2.18. The maximum atomic E-state index is 8.00. The van der Waals surface area contributed by atoms with Gasteiger partial charge in [0.1, 0.15) is 11.6 Å². The second-order valence-corrected chi connectivity index (χ2v) is 6.47. The molecule has 0 fully saturated rings. The van der Waals surface area contributed by atoms with Crippen molar-refractivity contribution < 1.29 is 4.74 Å². The number of hydrogen-bond donors (Lipinski definition) is 4. The molecule has 0 aliphatic carbocycles. The first-order valence-corrected chi connectivity index (χ1v) is 8.16. The van der Waals surface area contributed by atoms with Gasteiger partial charge in [-0.15, -0.1) is 5.11 Å². The molecule has 1 aromatic carbocycles. The molecule has 0 amide bonds. The number of rotatable bonds is 5. The van der Waals surface area contributed by atoms with E-state index in [1.807, 2.05) is 6.07 Å². The summed E-state index contributed by atoms with van der Waals surface area (Å²) in [5.74, 6) is 6.10. The van der Waals surface area contributed by atoms with Crippen molar-refractivity contribution in [2.75, 3.05) is 18.6 Å². The van der Waals surface area contributed by atoms with Gasteiger partial charge in [-0.25, -0.2) is 4.98 Å². The van der Waals surface area contributed by atoms with Crippen LogP contribution in [-0.2, 0) is 0 Å². The Hall–Kier alpha value is -2.88. The number of aromatic nitrogens is 2. The maximum Gasteiger partial charge on any atom is 0.221 e. The largest absolute Gasteiger partial charge is 0.496 e. The molecule has 0 unspecified atom stereocenters. The second-order valence-electron chi connectivity index (χ2n) is 5.39. The monoisotopic (exact) mass is 360 g/mol.